The molecule has 0 fully saturated rings. The first kappa shape index (κ1) is 14.5. The minimum atomic E-state index is -3.67. The van der Waals surface area contributed by atoms with Gasteiger partial charge >= 0.3 is 0 Å². The molecule has 0 aromatic heterocycles. The van der Waals surface area contributed by atoms with Gasteiger partial charge in [-0.3, -0.25) is 4.79 Å². The van der Waals surface area contributed by atoms with Gasteiger partial charge in [-0.25, -0.2) is 13.1 Å². The molecule has 1 rings (SSSR count). The number of rotatable bonds is 6. The fraction of sp³-hybridized carbons (Fsp3) is 0.364. The topological polar surface area (TPSA) is 101 Å². The molecule has 0 aliphatic carbocycles. The molecule has 1 aromatic carbocycles. The summed E-state index contributed by atoms with van der Waals surface area (Å²) in [5.74, 6) is -0.549. The minimum absolute atomic E-state index is 0.0407. The Morgan fingerprint density at radius 2 is 2.00 bits per heavy atom. The van der Waals surface area contributed by atoms with Crippen LogP contribution in [0.5, 0.6) is 0 Å². The van der Waals surface area contributed by atoms with Gasteiger partial charge in [0.05, 0.1) is 5.69 Å². The van der Waals surface area contributed by atoms with E-state index in [9.17, 15) is 13.2 Å². The lowest BCUT2D eigenvalue weighted by Gasteiger charge is -2.14. The maximum absolute atomic E-state index is 12.1. The van der Waals surface area contributed by atoms with Crippen LogP contribution in [-0.2, 0) is 14.8 Å². The van der Waals surface area contributed by atoms with Crippen LogP contribution in [0.4, 0.5) is 5.69 Å². The monoisotopic (exact) mass is 271 g/mol. The Hall–Kier alpha value is -1.60. The molecule has 1 amide bonds. The van der Waals surface area contributed by atoms with E-state index < -0.39 is 22.0 Å². The highest BCUT2D eigenvalue weighted by Gasteiger charge is 2.20. The molecule has 1 unspecified atom stereocenters. The van der Waals surface area contributed by atoms with E-state index in [2.05, 4.69) is 10.0 Å². The van der Waals surface area contributed by atoms with Crippen molar-refractivity contribution in [3.05, 3.63) is 24.3 Å². The third kappa shape index (κ3) is 3.71. The summed E-state index contributed by atoms with van der Waals surface area (Å²) in [7, 11) is -2.03. The second kappa shape index (κ2) is 5.83. The van der Waals surface area contributed by atoms with Crippen LogP contribution in [0.15, 0.2) is 29.2 Å². The SMILES string of the molecule is CNc1ccccc1S(=O)(=O)NC(C)CC(N)=O. The fourth-order valence-electron chi connectivity index (χ4n) is 1.58. The molecule has 6 nitrogen and oxygen atoms in total. The quantitative estimate of drug-likeness (QED) is 0.691. The third-order valence-corrected chi connectivity index (χ3v) is 3.96. The van der Waals surface area contributed by atoms with E-state index in [1.54, 1.807) is 32.2 Å². The van der Waals surface area contributed by atoms with Crippen molar-refractivity contribution in [2.24, 2.45) is 5.73 Å². The zero-order chi connectivity index (χ0) is 13.8. The van der Waals surface area contributed by atoms with Gasteiger partial charge in [-0.1, -0.05) is 12.1 Å². The molecule has 100 valence electrons. The Kier molecular flexibility index (Phi) is 4.69. The van der Waals surface area contributed by atoms with E-state index in [1.165, 1.54) is 6.07 Å². The summed E-state index contributed by atoms with van der Waals surface area (Å²) in [6.45, 7) is 1.59. The highest BCUT2D eigenvalue weighted by Crippen LogP contribution is 2.20. The smallest absolute Gasteiger partial charge is 0.242 e. The van der Waals surface area contributed by atoms with Gasteiger partial charge in [0.25, 0.3) is 0 Å². The molecule has 1 aromatic rings. The van der Waals surface area contributed by atoms with E-state index in [-0.39, 0.29) is 11.3 Å². The van der Waals surface area contributed by atoms with Crippen molar-refractivity contribution in [3.63, 3.8) is 0 Å². The number of amides is 1. The lowest BCUT2D eigenvalue weighted by molar-refractivity contribution is -0.118. The van der Waals surface area contributed by atoms with Gasteiger partial charge in [0.1, 0.15) is 4.90 Å². The molecule has 0 saturated carbocycles. The Labute approximate surface area is 107 Å². The Balaban J connectivity index is 2.96. The highest BCUT2D eigenvalue weighted by molar-refractivity contribution is 7.89. The predicted octanol–water partition coefficient (Wildman–Crippen LogP) is 0.270. The van der Waals surface area contributed by atoms with Gasteiger partial charge in [-0.15, -0.1) is 0 Å². The second-order valence-electron chi connectivity index (χ2n) is 3.94. The van der Waals surface area contributed by atoms with Crippen LogP contribution in [-0.4, -0.2) is 27.4 Å². The van der Waals surface area contributed by atoms with E-state index in [0.717, 1.165) is 0 Å². The van der Waals surface area contributed by atoms with Crippen LogP contribution in [0.2, 0.25) is 0 Å². The van der Waals surface area contributed by atoms with Gasteiger partial charge in [0.2, 0.25) is 15.9 Å². The lowest BCUT2D eigenvalue weighted by Crippen LogP contribution is -2.35. The van der Waals surface area contributed by atoms with Crippen LogP contribution in [0, 0.1) is 0 Å². The van der Waals surface area contributed by atoms with E-state index >= 15 is 0 Å². The van der Waals surface area contributed by atoms with Crippen LogP contribution >= 0.6 is 0 Å². The van der Waals surface area contributed by atoms with Gasteiger partial charge < -0.3 is 11.1 Å². The number of hydrogen-bond acceptors (Lipinski definition) is 4. The number of sulfonamides is 1. The summed E-state index contributed by atoms with van der Waals surface area (Å²) in [6.07, 6.45) is -0.0407. The van der Waals surface area contributed by atoms with Crippen molar-refractivity contribution in [1.82, 2.24) is 4.72 Å². The molecule has 7 heteroatoms. The first-order chi connectivity index (χ1) is 8.36. The molecule has 0 aliphatic rings. The van der Waals surface area contributed by atoms with Crippen molar-refractivity contribution in [3.8, 4) is 0 Å². The molecule has 0 saturated heterocycles. The maximum Gasteiger partial charge on any atom is 0.242 e. The van der Waals surface area contributed by atoms with Gasteiger partial charge in [-0.2, -0.15) is 0 Å². The molecule has 0 radical (unpaired) electrons. The number of benzene rings is 1. The van der Waals surface area contributed by atoms with E-state index in [1.807, 2.05) is 0 Å². The number of carbonyl (C=O) groups excluding carboxylic acids is 1. The summed E-state index contributed by atoms with van der Waals surface area (Å²) >= 11 is 0. The number of carbonyl (C=O) groups is 1. The average molecular weight is 271 g/mol. The van der Waals surface area contributed by atoms with Crippen LogP contribution in [0.3, 0.4) is 0 Å². The fourth-order valence-corrected chi connectivity index (χ4v) is 3.04. The van der Waals surface area contributed by atoms with Gasteiger partial charge in [0, 0.05) is 19.5 Å². The van der Waals surface area contributed by atoms with Crippen molar-refractivity contribution >= 4 is 21.6 Å². The molecule has 18 heavy (non-hydrogen) atoms. The molecule has 0 spiro atoms. The summed E-state index contributed by atoms with van der Waals surface area (Å²) < 4.78 is 26.6. The summed E-state index contributed by atoms with van der Waals surface area (Å²) in [5.41, 5.74) is 5.52. The Morgan fingerprint density at radius 3 is 2.56 bits per heavy atom. The van der Waals surface area contributed by atoms with Crippen molar-refractivity contribution in [2.75, 3.05) is 12.4 Å². The molecule has 4 N–H and O–H groups in total. The van der Waals surface area contributed by atoms with Crippen molar-refractivity contribution in [2.45, 2.75) is 24.3 Å². The van der Waals surface area contributed by atoms with Gasteiger partial charge in [0.15, 0.2) is 0 Å². The summed E-state index contributed by atoms with van der Waals surface area (Å²) in [5, 5.41) is 2.80. The summed E-state index contributed by atoms with van der Waals surface area (Å²) in [6, 6.07) is 5.97. The normalized spacial score (nSPS) is 13.0. The average Bonchev–Trinajstić information content (AvgIpc) is 2.27. The largest absolute Gasteiger partial charge is 0.387 e. The number of primary amides is 1. The second-order valence-corrected chi connectivity index (χ2v) is 5.62. The van der Waals surface area contributed by atoms with Crippen molar-refractivity contribution in [1.29, 1.82) is 0 Å². The third-order valence-electron chi connectivity index (χ3n) is 2.31. The molecular weight excluding hydrogens is 254 g/mol. The number of nitrogens with two attached hydrogens (primary N) is 1. The Morgan fingerprint density at radius 1 is 1.39 bits per heavy atom. The zero-order valence-electron chi connectivity index (χ0n) is 10.3. The van der Waals surface area contributed by atoms with E-state index in [4.69, 9.17) is 5.73 Å². The molecule has 0 bridgehead atoms. The van der Waals surface area contributed by atoms with Crippen LogP contribution < -0.4 is 15.8 Å². The number of nitrogens with one attached hydrogen (secondary N) is 2. The highest BCUT2D eigenvalue weighted by atomic mass is 32.2. The Bertz CT molecular complexity index is 528. The number of anilines is 1. The molecule has 0 heterocycles. The number of hydrogen-bond donors (Lipinski definition) is 3. The first-order valence-electron chi connectivity index (χ1n) is 5.44. The van der Waals surface area contributed by atoms with Crippen LogP contribution in [0.1, 0.15) is 13.3 Å². The van der Waals surface area contributed by atoms with E-state index in [0.29, 0.717) is 5.69 Å². The maximum atomic E-state index is 12.1. The molecule has 0 aliphatic heterocycles. The standard InChI is InChI=1S/C11H17N3O3S/c1-8(7-11(12)15)14-18(16,17)10-6-4-3-5-9(10)13-2/h3-6,8,13-14H,7H2,1-2H3,(H2,12,15). The molecular formula is C11H17N3O3S. The zero-order valence-corrected chi connectivity index (χ0v) is 11.1. The lowest BCUT2D eigenvalue weighted by atomic mass is 10.2. The number of para-hydroxylation sites is 1. The van der Waals surface area contributed by atoms with Crippen molar-refractivity contribution < 1.29 is 13.2 Å². The minimum Gasteiger partial charge on any atom is -0.387 e. The summed E-state index contributed by atoms with van der Waals surface area (Å²) in [4.78, 5) is 10.9. The molecule has 1 atom stereocenters. The van der Waals surface area contributed by atoms with Crippen LogP contribution in [0.25, 0.3) is 0 Å². The van der Waals surface area contributed by atoms with Gasteiger partial charge in [-0.05, 0) is 19.1 Å². The predicted molar refractivity (Wildman–Crippen MR) is 69.6 cm³/mol. The first-order valence-corrected chi connectivity index (χ1v) is 6.92.